The Morgan fingerprint density at radius 2 is 2.22 bits per heavy atom. The first-order valence-electron chi connectivity index (χ1n) is 9.20. The highest BCUT2D eigenvalue weighted by Gasteiger charge is 2.21. The minimum atomic E-state index is -0.812. The molecule has 0 saturated carbocycles. The van der Waals surface area contributed by atoms with Crippen LogP contribution in [0.2, 0.25) is 0 Å². The average Bonchev–Trinajstić information content (AvgIpc) is 3.11. The van der Waals surface area contributed by atoms with Crippen LogP contribution >= 0.6 is 0 Å². The zero-order valence-electron chi connectivity index (χ0n) is 15.8. The second-order valence-corrected chi connectivity index (χ2v) is 6.76. The van der Waals surface area contributed by atoms with Gasteiger partial charge in [0.2, 0.25) is 0 Å². The monoisotopic (exact) mass is 376 g/mol. The number of guanidine groups is 1. The van der Waals surface area contributed by atoms with Gasteiger partial charge in [0.1, 0.15) is 0 Å². The molecule has 2 N–H and O–H groups in total. The van der Waals surface area contributed by atoms with Crippen LogP contribution in [0.15, 0.2) is 35.6 Å². The number of anilines is 1. The Bertz CT molecular complexity index is 788. The van der Waals surface area contributed by atoms with Gasteiger partial charge in [0.05, 0.1) is 11.9 Å². The predicted molar refractivity (Wildman–Crippen MR) is 103 cm³/mol. The molecule has 1 fully saturated rings. The lowest BCUT2D eigenvalue weighted by atomic mass is 10.1. The number of aliphatic imine (C=N–C) groups is 1. The fourth-order valence-corrected chi connectivity index (χ4v) is 3.35. The lowest BCUT2D eigenvalue weighted by Gasteiger charge is -2.34. The molecule has 0 aliphatic carbocycles. The molecular weight excluding hydrogens is 350 g/mol. The molecule has 1 aliphatic rings. The van der Waals surface area contributed by atoms with E-state index in [-0.39, 0.29) is 6.04 Å². The average molecular weight is 376 g/mol. The van der Waals surface area contributed by atoms with Crippen LogP contribution in [0.4, 0.5) is 14.5 Å². The molecule has 2 heterocycles. The van der Waals surface area contributed by atoms with E-state index >= 15 is 0 Å². The lowest BCUT2D eigenvalue weighted by Crippen LogP contribution is -2.51. The van der Waals surface area contributed by atoms with Crippen molar-refractivity contribution in [2.75, 3.05) is 31.6 Å². The Morgan fingerprint density at radius 3 is 2.96 bits per heavy atom. The minimum absolute atomic E-state index is 0.260. The molecule has 2 aromatic rings. The van der Waals surface area contributed by atoms with Crippen LogP contribution in [0.5, 0.6) is 0 Å². The molecular formula is C19H26F2N6. The van der Waals surface area contributed by atoms with Crippen molar-refractivity contribution in [2.45, 2.75) is 25.3 Å². The summed E-state index contributed by atoms with van der Waals surface area (Å²) in [7, 11) is 3.62. The summed E-state index contributed by atoms with van der Waals surface area (Å²) in [5, 5.41) is 10.8. The molecule has 1 atom stereocenters. The molecule has 0 spiro atoms. The molecule has 3 rings (SSSR count). The topological polar surface area (TPSA) is 57.5 Å². The van der Waals surface area contributed by atoms with Gasteiger partial charge in [0.15, 0.2) is 17.6 Å². The molecule has 27 heavy (non-hydrogen) atoms. The number of nitrogens with one attached hydrogen (secondary N) is 2. The maximum absolute atomic E-state index is 13.7. The van der Waals surface area contributed by atoms with Crippen molar-refractivity contribution in [1.29, 1.82) is 0 Å². The van der Waals surface area contributed by atoms with Gasteiger partial charge in [-0.05, 0) is 30.9 Å². The predicted octanol–water partition coefficient (Wildman–Crippen LogP) is 2.07. The summed E-state index contributed by atoms with van der Waals surface area (Å²) in [6.45, 7) is 2.35. The Labute approximate surface area is 158 Å². The van der Waals surface area contributed by atoms with Crippen LogP contribution in [0, 0.1) is 11.6 Å². The summed E-state index contributed by atoms with van der Waals surface area (Å²) < 4.78 is 28.8. The summed E-state index contributed by atoms with van der Waals surface area (Å²) in [6, 6.07) is 4.51. The molecule has 1 aromatic carbocycles. The number of aromatic nitrogens is 2. The summed E-state index contributed by atoms with van der Waals surface area (Å²) in [5.74, 6) is -0.917. The van der Waals surface area contributed by atoms with Crippen LogP contribution in [0.3, 0.4) is 0 Å². The number of rotatable bonds is 5. The second-order valence-electron chi connectivity index (χ2n) is 6.76. The molecule has 1 unspecified atom stereocenters. The van der Waals surface area contributed by atoms with E-state index in [1.807, 2.05) is 19.4 Å². The van der Waals surface area contributed by atoms with Gasteiger partial charge in [0, 0.05) is 46.0 Å². The normalized spacial score (nSPS) is 17.9. The van der Waals surface area contributed by atoms with Gasteiger partial charge in [-0.1, -0.05) is 12.1 Å². The lowest BCUT2D eigenvalue weighted by molar-refractivity contribution is 0.467. The third kappa shape index (κ3) is 4.96. The van der Waals surface area contributed by atoms with E-state index in [2.05, 4.69) is 25.6 Å². The highest BCUT2D eigenvalue weighted by Crippen LogP contribution is 2.19. The number of benzene rings is 1. The minimum Gasteiger partial charge on any atom is -0.367 e. The highest BCUT2D eigenvalue weighted by atomic mass is 19.2. The maximum atomic E-state index is 13.7. The van der Waals surface area contributed by atoms with Crippen molar-refractivity contribution in [3.63, 3.8) is 0 Å². The number of aryl methyl sites for hydroxylation is 1. The summed E-state index contributed by atoms with van der Waals surface area (Å²) in [5.41, 5.74) is 1.48. The highest BCUT2D eigenvalue weighted by molar-refractivity contribution is 5.80. The van der Waals surface area contributed by atoms with E-state index in [9.17, 15) is 8.78 Å². The van der Waals surface area contributed by atoms with Crippen molar-refractivity contribution in [3.05, 3.63) is 47.8 Å². The molecule has 1 aliphatic heterocycles. The van der Waals surface area contributed by atoms with E-state index < -0.39 is 11.6 Å². The SMILES string of the molecule is CN=C(NCCc1cccc(F)c1F)NC1CCCN(c2cnn(C)c2)C1. The van der Waals surface area contributed by atoms with Crippen molar-refractivity contribution in [1.82, 2.24) is 20.4 Å². The van der Waals surface area contributed by atoms with Gasteiger partial charge in [-0.3, -0.25) is 9.67 Å². The van der Waals surface area contributed by atoms with Crippen molar-refractivity contribution >= 4 is 11.6 Å². The van der Waals surface area contributed by atoms with E-state index in [0.717, 1.165) is 37.7 Å². The first-order chi connectivity index (χ1) is 13.1. The first-order valence-corrected chi connectivity index (χ1v) is 9.20. The fourth-order valence-electron chi connectivity index (χ4n) is 3.35. The number of piperidine rings is 1. The molecule has 6 nitrogen and oxygen atoms in total. The van der Waals surface area contributed by atoms with E-state index in [0.29, 0.717) is 24.5 Å². The van der Waals surface area contributed by atoms with Crippen molar-refractivity contribution < 1.29 is 8.78 Å². The number of hydrogen-bond acceptors (Lipinski definition) is 3. The molecule has 0 amide bonds. The van der Waals surface area contributed by atoms with Gasteiger partial charge in [-0.25, -0.2) is 8.78 Å². The van der Waals surface area contributed by atoms with Gasteiger partial charge in [0.25, 0.3) is 0 Å². The smallest absolute Gasteiger partial charge is 0.191 e. The third-order valence-corrected chi connectivity index (χ3v) is 4.76. The standard InChI is InChI=1S/C19H26F2N6/c1-22-19(23-9-8-14-5-3-7-17(20)18(14)21)25-15-6-4-10-27(12-15)16-11-24-26(2)13-16/h3,5,7,11,13,15H,4,6,8-10,12H2,1-2H3,(H2,22,23,25). The van der Waals surface area contributed by atoms with E-state index in [1.54, 1.807) is 17.8 Å². The van der Waals surface area contributed by atoms with E-state index in [1.165, 1.54) is 6.07 Å². The van der Waals surface area contributed by atoms with Crippen LogP contribution in [-0.4, -0.2) is 48.5 Å². The van der Waals surface area contributed by atoms with Crippen LogP contribution < -0.4 is 15.5 Å². The zero-order chi connectivity index (χ0) is 19.2. The molecule has 1 saturated heterocycles. The molecule has 8 heteroatoms. The molecule has 1 aromatic heterocycles. The van der Waals surface area contributed by atoms with Crippen LogP contribution in [0.1, 0.15) is 18.4 Å². The first kappa shape index (κ1) is 19.1. The molecule has 146 valence electrons. The quantitative estimate of drug-likeness (QED) is 0.620. The number of nitrogens with zero attached hydrogens (tertiary/aromatic N) is 4. The van der Waals surface area contributed by atoms with Crippen molar-refractivity contribution in [3.8, 4) is 0 Å². The third-order valence-electron chi connectivity index (χ3n) is 4.76. The number of halogens is 2. The fraction of sp³-hybridized carbons (Fsp3) is 0.474. The number of hydrogen-bond donors (Lipinski definition) is 2. The Balaban J connectivity index is 1.50. The maximum Gasteiger partial charge on any atom is 0.191 e. The van der Waals surface area contributed by atoms with Crippen molar-refractivity contribution in [2.24, 2.45) is 12.0 Å². The Morgan fingerprint density at radius 1 is 1.37 bits per heavy atom. The Kier molecular flexibility index (Phi) is 6.26. The second kappa shape index (κ2) is 8.83. The van der Waals surface area contributed by atoms with E-state index in [4.69, 9.17) is 0 Å². The molecule has 0 radical (unpaired) electrons. The summed E-state index contributed by atoms with van der Waals surface area (Å²) in [4.78, 5) is 6.56. The summed E-state index contributed by atoms with van der Waals surface area (Å²) >= 11 is 0. The largest absolute Gasteiger partial charge is 0.367 e. The Hall–Kier alpha value is -2.64. The van der Waals surface area contributed by atoms with Gasteiger partial charge < -0.3 is 15.5 Å². The molecule has 0 bridgehead atoms. The van der Waals surface area contributed by atoms with Gasteiger partial charge in [-0.15, -0.1) is 0 Å². The zero-order valence-corrected chi connectivity index (χ0v) is 15.8. The van der Waals surface area contributed by atoms with Crippen LogP contribution in [-0.2, 0) is 13.5 Å². The summed E-state index contributed by atoms with van der Waals surface area (Å²) in [6.07, 6.45) is 6.41. The van der Waals surface area contributed by atoms with Gasteiger partial charge in [-0.2, -0.15) is 5.10 Å². The van der Waals surface area contributed by atoms with Crippen LogP contribution in [0.25, 0.3) is 0 Å². The van der Waals surface area contributed by atoms with Gasteiger partial charge >= 0.3 is 0 Å².